The van der Waals surface area contributed by atoms with Gasteiger partial charge in [-0.3, -0.25) is 4.79 Å². The third-order valence-electron chi connectivity index (χ3n) is 4.75. The SMILES string of the molecule is O=C(O)C1CCC(NS(=O)(=O)CC2CCCCC2(F)F)CC1. The van der Waals surface area contributed by atoms with Gasteiger partial charge in [0.15, 0.2) is 0 Å². The topological polar surface area (TPSA) is 83.5 Å². The molecule has 0 aliphatic heterocycles. The van der Waals surface area contributed by atoms with Crippen molar-refractivity contribution in [1.82, 2.24) is 4.72 Å². The van der Waals surface area contributed by atoms with E-state index < -0.39 is 39.5 Å². The van der Waals surface area contributed by atoms with Gasteiger partial charge in [0.25, 0.3) is 5.92 Å². The molecule has 2 aliphatic rings. The maximum absolute atomic E-state index is 13.8. The van der Waals surface area contributed by atoms with E-state index in [4.69, 9.17) is 5.11 Å². The van der Waals surface area contributed by atoms with Crippen molar-refractivity contribution >= 4 is 16.0 Å². The minimum absolute atomic E-state index is 0.236. The number of halogens is 2. The Hall–Kier alpha value is -0.760. The van der Waals surface area contributed by atoms with Crippen molar-refractivity contribution in [1.29, 1.82) is 0 Å². The van der Waals surface area contributed by atoms with Crippen LogP contribution in [0.5, 0.6) is 0 Å². The Morgan fingerprint density at radius 2 is 1.77 bits per heavy atom. The van der Waals surface area contributed by atoms with Gasteiger partial charge >= 0.3 is 5.97 Å². The normalized spacial score (nSPS) is 32.5. The van der Waals surface area contributed by atoms with Crippen LogP contribution in [0, 0.1) is 11.8 Å². The summed E-state index contributed by atoms with van der Waals surface area (Å²) in [4.78, 5) is 10.9. The van der Waals surface area contributed by atoms with Crippen LogP contribution in [0.3, 0.4) is 0 Å². The van der Waals surface area contributed by atoms with Gasteiger partial charge in [0.2, 0.25) is 10.0 Å². The molecule has 2 saturated carbocycles. The van der Waals surface area contributed by atoms with Gasteiger partial charge in [-0.05, 0) is 38.5 Å². The molecule has 2 aliphatic carbocycles. The summed E-state index contributed by atoms with van der Waals surface area (Å²) in [6.07, 6.45) is 2.80. The van der Waals surface area contributed by atoms with Gasteiger partial charge in [0.1, 0.15) is 0 Å². The van der Waals surface area contributed by atoms with E-state index in [0.29, 0.717) is 38.5 Å². The highest BCUT2D eigenvalue weighted by Crippen LogP contribution is 2.39. The fourth-order valence-electron chi connectivity index (χ4n) is 3.40. The van der Waals surface area contributed by atoms with E-state index in [1.807, 2.05) is 0 Å². The molecule has 1 unspecified atom stereocenters. The average molecular weight is 339 g/mol. The van der Waals surface area contributed by atoms with Gasteiger partial charge in [0, 0.05) is 18.4 Å². The Bertz CT molecular complexity index is 501. The van der Waals surface area contributed by atoms with E-state index in [1.54, 1.807) is 0 Å². The van der Waals surface area contributed by atoms with E-state index >= 15 is 0 Å². The minimum Gasteiger partial charge on any atom is -0.481 e. The van der Waals surface area contributed by atoms with Crippen molar-refractivity contribution in [2.45, 2.75) is 63.3 Å². The summed E-state index contributed by atoms with van der Waals surface area (Å²) in [5.41, 5.74) is 0. The molecule has 0 aromatic rings. The first-order chi connectivity index (χ1) is 10.2. The molecule has 0 aromatic heterocycles. The Balaban J connectivity index is 1.88. The number of carboxylic acids is 1. The highest BCUT2D eigenvalue weighted by Gasteiger charge is 2.43. The highest BCUT2D eigenvalue weighted by molar-refractivity contribution is 7.89. The van der Waals surface area contributed by atoms with Crippen molar-refractivity contribution < 1.29 is 27.1 Å². The first-order valence-electron chi connectivity index (χ1n) is 7.80. The monoisotopic (exact) mass is 339 g/mol. The van der Waals surface area contributed by atoms with Gasteiger partial charge in [-0.15, -0.1) is 0 Å². The third-order valence-corrected chi connectivity index (χ3v) is 6.29. The zero-order valence-electron chi connectivity index (χ0n) is 12.4. The van der Waals surface area contributed by atoms with Crippen LogP contribution < -0.4 is 4.72 Å². The lowest BCUT2D eigenvalue weighted by molar-refractivity contribution is -0.142. The fourth-order valence-corrected chi connectivity index (χ4v) is 5.18. The van der Waals surface area contributed by atoms with E-state index in [1.165, 1.54) is 0 Å². The van der Waals surface area contributed by atoms with Crippen molar-refractivity contribution in [3.63, 3.8) is 0 Å². The molecule has 0 saturated heterocycles. The molecule has 2 rings (SSSR count). The van der Waals surface area contributed by atoms with Crippen molar-refractivity contribution in [2.24, 2.45) is 11.8 Å². The molecular formula is C14H23F2NO4S. The first-order valence-corrected chi connectivity index (χ1v) is 9.45. The molecule has 0 bridgehead atoms. The first kappa shape index (κ1) is 17.6. The molecule has 5 nitrogen and oxygen atoms in total. The lowest BCUT2D eigenvalue weighted by Crippen LogP contribution is -2.44. The predicted molar refractivity (Wildman–Crippen MR) is 77.2 cm³/mol. The second kappa shape index (κ2) is 6.78. The van der Waals surface area contributed by atoms with Gasteiger partial charge < -0.3 is 5.11 Å². The van der Waals surface area contributed by atoms with Gasteiger partial charge in [-0.2, -0.15) is 0 Å². The van der Waals surface area contributed by atoms with Gasteiger partial charge in [-0.1, -0.05) is 6.42 Å². The summed E-state index contributed by atoms with van der Waals surface area (Å²) in [7, 11) is -3.77. The molecule has 0 spiro atoms. The molecule has 2 N–H and O–H groups in total. The summed E-state index contributed by atoms with van der Waals surface area (Å²) >= 11 is 0. The van der Waals surface area contributed by atoms with Gasteiger partial charge in [0.05, 0.1) is 11.7 Å². The summed E-state index contributed by atoms with van der Waals surface area (Å²) in [5, 5.41) is 8.91. The summed E-state index contributed by atoms with van der Waals surface area (Å²) in [6, 6.07) is -0.335. The maximum Gasteiger partial charge on any atom is 0.306 e. The number of nitrogens with one attached hydrogen (secondary N) is 1. The molecule has 0 aromatic carbocycles. The van der Waals surface area contributed by atoms with Crippen LogP contribution in [0.25, 0.3) is 0 Å². The lowest BCUT2D eigenvalue weighted by atomic mass is 9.87. The van der Waals surface area contributed by atoms with E-state index in [-0.39, 0.29) is 18.9 Å². The standard InChI is InChI=1S/C14H23F2NO4S/c15-14(16)8-2-1-3-11(14)9-22(20,21)17-12-6-4-10(5-7-12)13(18)19/h10-12,17H,1-9H2,(H,18,19). The van der Waals surface area contributed by atoms with Crippen LogP contribution in [0.2, 0.25) is 0 Å². The molecule has 8 heteroatoms. The number of hydrogen-bond donors (Lipinski definition) is 2. The summed E-state index contributed by atoms with van der Waals surface area (Å²) in [5.74, 6) is -5.85. The van der Waals surface area contributed by atoms with E-state index in [9.17, 15) is 22.0 Å². The average Bonchev–Trinajstić information content (AvgIpc) is 2.41. The molecule has 0 heterocycles. The van der Waals surface area contributed by atoms with Crippen molar-refractivity contribution in [3.8, 4) is 0 Å². The smallest absolute Gasteiger partial charge is 0.306 e. The number of carbonyl (C=O) groups is 1. The fraction of sp³-hybridized carbons (Fsp3) is 0.929. The molecule has 22 heavy (non-hydrogen) atoms. The zero-order chi connectivity index (χ0) is 16.4. The lowest BCUT2D eigenvalue weighted by Gasteiger charge is -2.32. The summed E-state index contributed by atoms with van der Waals surface area (Å²) < 4.78 is 54.2. The van der Waals surface area contributed by atoms with Crippen LogP contribution in [0.15, 0.2) is 0 Å². The Morgan fingerprint density at radius 1 is 1.14 bits per heavy atom. The number of rotatable bonds is 5. The largest absolute Gasteiger partial charge is 0.481 e. The minimum atomic E-state index is -3.77. The van der Waals surface area contributed by atoms with Crippen molar-refractivity contribution in [3.05, 3.63) is 0 Å². The molecule has 0 radical (unpaired) electrons. The quantitative estimate of drug-likeness (QED) is 0.805. The Kier molecular flexibility index (Phi) is 5.42. The predicted octanol–water partition coefficient (Wildman–Crippen LogP) is 2.37. The Morgan fingerprint density at radius 3 is 2.32 bits per heavy atom. The summed E-state index contributed by atoms with van der Waals surface area (Å²) in [6.45, 7) is 0. The van der Waals surface area contributed by atoms with Crippen LogP contribution in [-0.2, 0) is 14.8 Å². The number of alkyl halides is 2. The number of sulfonamides is 1. The highest BCUT2D eigenvalue weighted by atomic mass is 32.2. The molecule has 128 valence electrons. The van der Waals surface area contributed by atoms with Crippen LogP contribution in [-0.4, -0.2) is 37.2 Å². The van der Waals surface area contributed by atoms with Crippen molar-refractivity contribution in [2.75, 3.05) is 5.75 Å². The number of carboxylic acid groups (broad SMARTS) is 1. The molecular weight excluding hydrogens is 316 g/mol. The molecule has 2 fully saturated rings. The van der Waals surface area contributed by atoms with E-state index in [0.717, 1.165) is 0 Å². The van der Waals surface area contributed by atoms with Crippen LogP contribution >= 0.6 is 0 Å². The second-order valence-electron chi connectivity index (χ2n) is 6.49. The van der Waals surface area contributed by atoms with Crippen LogP contribution in [0.1, 0.15) is 51.4 Å². The molecule has 1 atom stereocenters. The second-order valence-corrected chi connectivity index (χ2v) is 8.29. The number of aliphatic carboxylic acids is 1. The number of hydrogen-bond acceptors (Lipinski definition) is 3. The van der Waals surface area contributed by atoms with E-state index in [2.05, 4.69) is 4.72 Å². The van der Waals surface area contributed by atoms with Gasteiger partial charge in [-0.25, -0.2) is 21.9 Å². The van der Waals surface area contributed by atoms with Crippen LogP contribution in [0.4, 0.5) is 8.78 Å². The maximum atomic E-state index is 13.8. The third kappa shape index (κ3) is 4.62. The zero-order valence-corrected chi connectivity index (χ0v) is 13.2. The Labute approximate surface area is 129 Å². The molecule has 0 amide bonds.